The molecule has 17 heavy (non-hydrogen) atoms. The molecule has 0 amide bonds. The zero-order valence-corrected chi connectivity index (χ0v) is 10.9. The maximum Gasteiger partial charge on any atom is 0.123 e. The van der Waals surface area contributed by atoms with Gasteiger partial charge in [-0.15, -0.1) is 0 Å². The normalized spacial score (nSPS) is 27.7. The summed E-state index contributed by atoms with van der Waals surface area (Å²) in [6.45, 7) is 6.91. The van der Waals surface area contributed by atoms with Gasteiger partial charge in [0.15, 0.2) is 0 Å². The highest BCUT2D eigenvalue weighted by molar-refractivity contribution is 5.31. The van der Waals surface area contributed by atoms with E-state index in [0.29, 0.717) is 11.3 Å². The summed E-state index contributed by atoms with van der Waals surface area (Å²) in [5.74, 6) is 1.76. The number of hydrogen-bond acceptors (Lipinski definition) is 2. The Kier molecular flexibility index (Phi) is 3.32. The summed E-state index contributed by atoms with van der Waals surface area (Å²) in [5.41, 5.74) is 0.360. The SMILES string of the molecule is CC1CC(Oc2cccc(O)c2)CC(C)(C)C1. The maximum absolute atomic E-state index is 9.42. The third-order valence-electron chi connectivity index (χ3n) is 3.47. The van der Waals surface area contributed by atoms with Crippen molar-refractivity contribution >= 4 is 0 Å². The molecule has 2 unspecified atom stereocenters. The molecule has 1 aromatic carbocycles. The average Bonchev–Trinajstić information content (AvgIpc) is 2.13. The summed E-state index contributed by atoms with van der Waals surface area (Å²) in [4.78, 5) is 0. The van der Waals surface area contributed by atoms with Gasteiger partial charge < -0.3 is 9.84 Å². The van der Waals surface area contributed by atoms with Crippen molar-refractivity contribution in [2.75, 3.05) is 0 Å². The molecule has 1 N–H and O–H groups in total. The first-order valence-corrected chi connectivity index (χ1v) is 6.40. The summed E-state index contributed by atoms with van der Waals surface area (Å²) in [6, 6.07) is 7.08. The molecule has 2 atom stereocenters. The van der Waals surface area contributed by atoms with Crippen LogP contribution in [-0.2, 0) is 0 Å². The lowest BCUT2D eigenvalue weighted by molar-refractivity contribution is 0.0561. The molecular weight excluding hydrogens is 212 g/mol. The molecule has 2 rings (SSSR count). The van der Waals surface area contributed by atoms with Crippen LogP contribution in [0.5, 0.6) is 11.5 Å². The monoisotopic (exact) mass is 234 g/mol. The van der Waals surface area contributed by atoms with Crippen molar-refractivity contribution in [3.8, 4) is 11.5 Å². The van der Waals surface area contributed by atoms with Crippen molar-refractivity contribution in [3.63, 3.8) is 0 Å². The van der Waals surface area contributed by atoms with Crippen molar-refractivity contribution in [2.45, 2.75) is 46.1 Å². The molecule has 1 aliphatic carbocycles. The zero-order valence-electron chi connectivity index (χ0n) is 10.9. The van der Waals surface area contributed by atoms with Gasteiger partial charge in [-0.2, -0.15) is 0 Å². The molecule has 1 aromatic rings. The van der Waals surface area contributed by atoms with Crippen LogP contribution < -0.4 is 4.74 Å². The van der Waals surface area contributed by atoms with E-state index in [1.54, 1.807) is 12.1 Å². The smallest absolute Gasteiger partial charge is 0.123 e. The van der Waals surface area contributed by atoms with E-state index in [1.165, 1.54) is 6.42 Å². The minimum atomic E-state index is 0.269. The van der Waals surface area contributed by atoms with Crippen LogP contribution in [-0.4, -0.2) is 11.2 Å². The number of hydrogen-bond donors (Lipinski definition) is 1. The Morgan fingerprint density at radius 1 is 1.29 bits per heavy atom. The Labute approximate surface area is 104 Å². The molecule has 0 bridgehead atoms. The zero-order chi connectivity index (χ0) is 12.5. The third kappa shape index (κ3) is 3.39. The average molecular weight is 234 g/mol. The molecule has 1 fully saturated rings. The highest BCUT2D eigenvalue weighted by atomic mass is 16.5. The summed E-state index contributed by atoms with van der Waals surface area (Å²) >= 11 is 0. The van der Waals surface area contributed by atoms with Gasteiger partial charge in [0.1, 0.15) is 11.5 Å². The minimum absolute atomic E-state index is 0.269. The largest absolute Gasteiger partial charge is 0.508 e. The first-order chi connectivity index (χ1) is 7.94. The van der Waals surface area contributed by atoms with Gasteiger partial charge in [-0.1, -0.05) is 26.8 Å². The summed E-state index contributed by atoms with van der Waals surface area (Å²) < 4.78 is 5.98. The van der Waals surface area contributed by atoms with E-state index in [0.717, 1.165) is 18.6 Å². The molecule has 0 aromatic heterocycles. The number of benzene rings is 1. The van der Waals surface area contributed by atoms with Crippen LogP contribution in [0.15, 0.2) is 24.3 Å². The van der Waals surface area contributed by atoms with Crippen molar-refractivity contribution in [1.29, 1.82) is 0 Å². The Bertz CT molecular complexity index is 384. The fraction of sp³-hybridized carbons (Fsp3) is 0.600. The van der Waals surface area contributed by atoms with Gasteiger partial charge in [0, 0.05) is 6.07 Å². The van der Waals surface area contributed by atoms with E-state index >= 15 is 0 Å². The Hall–Kier alpha value is -1.18. The van der Waals surface area contributed by atoms with E-state index in [-0.39, 0.29) is 11.9 Å². The van der Waals surface area contributed by atoms with Crippen LogP contribution in [0.2, 0.25) is 0 Å². The molecule has 2 heteroatoms. The Balaban J connectivity index is 2.03. The van der Waals surface area contributed by atoms with Crippen LogP contribution in [0.1, 0.15) is 40.0 Å². The van der Waals surface area contributed by atoms with Crippen LogP contribution >= 0.6 is 0 Å². The van der Waals surface area contributed by atoms with E-state index in [2.05, 4.69) is 20.8 Å². The van der Waals surface area contributed by atoms with Gasteiger partial charge in [-0.3, -0.25) is 0 Å². The van der Waals surface area contributed by atoms with Crippen LogP contribution in [0.3, 0.4) is 0 Å². The summed E-state index contributed by atoms with van der Waals surface area (Å²) in [5, 5.41) is 9.42. The van der Waals surface area contributed by atoms with Crippen molar-refractivity contribution in [1.82, 2.24) is 0 Å². The first kappa shape index (κ1) is 12.3. The van der Waals surface area contributed by atoms with Gasteiger partial charge in [0.25, 0.3) is 0 Å². The Morgan fingerprint density at radius 2 is 2.06 bits per heavy atom. The fourth-order valence-electron chi connectivity index (χ4n) is 3.10. The second kappa shape index (κ2) is 4.59. The van der Waals surface area contributed by atoms with Crippen LogP contribution in [0, 0.1) is 11.3 Å². The van der Waals surface area contributed by atoms with Gasteiger partial charge in [0.2, 0.25) is 0 Å². The summed E-state index contributed by atoms with van der Waals surface area (Å²) in [6.07, 6.45) is 3.74. The first-order valence-electron chi connectivity index (χ1n) is 6.40. The molecule has 0 aliphatic heterocycles. The lowest BCUT2D eigenvalue weighted by Crippen LogP contribution is -2.34. The molecule has 94 valence electrons. The standard InChI is InChI=1S/C15H22O2/c1-11-7-14(10-15(2,3)9-11)17-13-6-4-5-12(16)8-13/h4-6,8,11,14,16H,7,9-10H2,1-3H3. The van der Waals surface area contributed by atoms with Gasteiger partial charge in [-0.25, -0.2) is 0 Å². The van der Waals surface area contributed by atoms with E-state index in [4.69, 9.17) is 4.74 Å². The molecule has 1 aliphatic rings. The lowest BCUT2D eigenvalue weighted by atomic mass is 9.71. The quantitative estimate of drug-likeness (QED) is 0.838. The van der Waals surface area contributed by atoms with E-state index in [9.17, 15) is 5.11 Å². The third-order valence-corrected chi connectivity index (χ3v) is 3.47. The molecule has 2 nitrogen and oxygen atoms in total. The van der Waals surface area contributed by atoms with Crippen LogP contribution in [0.4, 0.5) is 0 Å². The van der Waals surface area contributed by atoms with E-state index < -0.39 is 0 Å². The minimum Gasteiger partial charge on any atom is -0.508 e. The number of ether oxygens (including phenoxy) is 1. The van der Waals surface area contributed by atoms with Gasteiger partial charge in [0.05, 0.1) is 6.10 Å². The Morgan fingerprint density at radius 3 is 2.71 bits per heavy atom. The predicted molar refractivity (Wildman–Crippen MR) is 69.3 cm³/mol. The molecular formula is C15H22O2. The molecule has 0 heterocycles. The highest BCUT2D eigenvalue weighted by Crippen LogP contribution is 2.40. The highest BCUT2D eigenvalue weighted by Gasteiger charge is 2.33. The second-order valence-corrected chi connectivity index (χ2v) is 6.15. The van der Waals surface area contributed by atoms with E-state index in [1.807, 2.05) is 12.1 Å². The molecule has 0 radical (unpaired) electrons. The maximum atomic E-state index is 9.42. The summed E-state index contributed by atoms with van der Waals surface area (Å²) in [7, 11) is 0. The number of rotatable bonds is 2. The van der Waals surface area contributed by atoms with Crippen molar-refractivity contribution < 1.29 is 9.84 Å². The van der Waals surface area contributed by atoms with Gasteiger partial charge in [-0.05, 0) is 42.7 Å². The van der Waals surface area contributed by atoms with Gasteiger partial charge >= 0.3 is 0 Å². The van der Waals surface area contributed by atoms with Crippen molar-refractivity contribution in [2.24, 2.45) is 11.3 Å². The molecule has 0 spiro atoms. The fourth-order valence-corrected chi connectivity index (χ4v) is 3.10. The molecule has 0 saturated heterocycles. The second-order valence-electron chi connectivity index (χ2n) is 6.15. The number of phenolic OH excluding ortho intramolecular Hbond substituents is 1. The molecule has 1 saturated carbocycles. The van der Waals surface area contributed by atoms with Crippen LogP contribution in [0.25, 0.3) is 0 Å². The predicted octanol–water partition coefficient (Wildman–Crippen LogP) is 3.99. The lowest BCUT2D eigenvalue weighted by Gasteiger charge is -2.38. The van der Waals surface area contributed by atoms with Crippen molar-refractivity contribution in [3.05, 3.63) is 24.3 Å². The number of phenols is 1. The topological polar surface area (TPSA) is 29.5 Å². The number of aromatic hydroxyl groups is 1.